The van der Waals surface area contributed by atoms with Gasteiger partial charge < -0.3 is 19.9 Å². The highest BCUT2D eigenvalue weighted by Gasteiger charge is 2.26. The van der Waals surface area contributed by atoms with E-state index in [1.807, 2.05) is 19.3 Å². The van der Waals surface area contributed by atoms with Crippen molar-refractivity contribution in [3.05, 3.63) is 77.1 Å². The molecule has 2 N–H and O–H groups in total. The van der Waals surface area contributed by atoms with Gasteiger partial charge in [-0.15, -0.1) is 0 Å². The van der Waals surface area contributed by atoms with Gasteiger partial charge in [-0.2, -0.15) is 5.10 Å². The fourth-order valence-electron chi connectivity index (χ4n) is 4.95. The van der Waals surface area contributed by atoms with Crippen LogP contribution in [0.15, 0.2) is 49.2 Å². The van der Waals surface area contributed by atoms with E-state index in [0.717, 1.165) is 36.1 Å². The van der Waals surface area contributed by atoms with Gasteiger partial charge in [-0.1, -0.05) is 0 Å². The molecule has 1 unspecified atom stereocenters. The lowest BCUT2D eigenvalue weighted by atomic mass is 10.1. The summed E-state index contributed by atoms with van der Waals surface area (Å²) < 4.78 is 17.8. The molecule has 1 fully saturated rings. The molecule has 0 aliphatic carbocycles. The van der Waals surface area contributed by atoms with Crippen molar-refractivity contribution in [1.82, 2.24) is 34.4 Å². The Kier molecular flexibility index (Phi) is 6.16. The summed E-state index contributed by atoms with van der Waals surface area (Å²) in [7, 11) is 1.83. The zero-order valence-corrected chi connectivity index (χ0v) is 21.6. The highest BCUT2D eigenvalue weighted by atomic mass is 35.5. The quantitative estimate of drug-likeness (QED) is 0.320. The SMILES string of the molecule is Cc1cn2cc(NC(=O)c3ccc(N4CCC(NCc5cnc(Cl)nc5)C4)c4cn(C)nc34)cc(F)c2n1. The molecule has 1 saturated heterocycles. The second kappa shape index (κ2) is 9.66. The summed E-state index contributed by atoms with van der Waals surface area (Å²) in [6, 6.07) is 5.30. The largest absolute Gasteiger partial charge is 0.369 e. The summed E-state index contributed by atoms with van der Waals surface area (Å²) in [4.78, 5) is 27.8. The molecule has 0 saturated carbocycles. The molecule has 4 aromatic heterocycles. The number of imidazole rings is 1. The molecule has 0 bridgehead atoms. The van der Waals surface area contributed by atoms with Crippen LogP contribution in [-0.2, 0) is 13.6 Å². The first-order chi connectivity index (χ1) is 18.3. The molecule has 194 valence electrons. The zero-order valence-electron chi connectivity index (χ0n) is 20.8. The standard InChI is InChI=1S/C26H25ClFN9O/c1-15-11-37-13-18(7-21(28)24(37)32-15)33-25(38)19-3-4-22(20-14-35(2)34-23(19)20)36-6-5-17(12-36)29-8-16-9-30-26(27)31-10-16/h3-4,7,9-11,13-14,17,29H,5-6,8,12H2,1-2H3,(H,33,38). The number of benzene rings is 1. The lowest BCUT2D eigenvalue weighted by Gasteiger charge is -2.20. The summed E-state index contributed by atoms with van der Waals surface area (Å²) in [5.41, 5.74) is 4.25. The maximum Gasteiger partial charge on any atom is 0.257 e. The number of amides is 1. The molecular weight excluding hydrogens is 509 g/mol. The van der Waals surface area contributed by atoms with E-state index in [4.69, 9.17) is 11.6 Å². The molecule has 5 aromatic rings. The Bertz CT molecular complexity index is 1660. The number of halogens is 2. The number of carbonyl (C=O) groups is 1. The molecule has 1 amide bonds. The average molecular weight is 534 g/mol. The van der Waals surface area contributed by atoms with Gasteiger partial charge >= 0.3 is 0 Å². The summed E-state index contributed by atoms with van der Waals surface area (Å²) >= 11 is 5.77. The predicted molar refractivity (Wildman–Crippen MR) is 143 cm³/mol. The van der Waals surface area contributed by atoms with Crippen LogP contribution in [0.3, 0.4) is 0 Å². The van der Waals surface area contributed by atoms with Crippen LogP contribution in [0.4, 0.5) is 15.8 Å². The molecule has 1 aliphatic heterocycles. The van der Waals surface area contributed by atoms with Crippen LogP contribution in [0.5, 0.6) is 0 Å². The molecule has 1 aliphatic rings. The fraction of sp³-hybridized carbons (Fsp3) is 0.269. The molecule has 0 spiro atoms. The van der Waals surface area contributed by atoms with Gasteiger partial charge in [-0.05, 0) is 37.1 Å². The van der Waals surface area contributed by atoms with E-state index in [9.17, 15) is 9.18 Å². The van der Waals surface area contributed by atoms with E-state index in [-0.39, 0.29) is 22.9 Å². The molecule has 10 nitrogen and oxygen atoms in total. The van der Waals surface area contributed by atoms with Gasteiger partial charge in [0.15, 0.2) is 11.5 Å². The maximum atomic E-state index is 14.5. The molecular formula is C26H25ClFN9O. The number of hydrogen-bond donors (Lipinski definition) is 2. The van der Waals surface area contributed by atoms with Crippen LogP contribution in [0.2, 0.25) is 5.28 Å². The van der Waals surface area contributed by atoms with Crippen LogP contribution >= 0.6 is 11.6 Å². The molecule has 1 atom stereocenters. The van der Waals surface area contributed by atoms with Crippen molar-refractivity contribution < 1.29 is 9.18 Å². The molecule has 0 radical (unpaired) electrons. The molecule has 12 heteroatoms. The van der Waals surface area contributed by atoms with Gasteiger partial charge in [0, 0.05) is 86.4 Å². The van der Waals surface area contributed by atoms with E-state index in [0.29, 0.717) is 29.0 Å². The number of aromatic nitrogens is 6. The topological polar surface area (TPSA) is 105 Å². The number of fused-ring (bicyclic) bond motifs is 2. The first-order valence-corrected chi connectivity index (χ1v) is 12.6. The number of carbonyl (C=O) groups excluding carboxylic acids is 1. The molecule has 5 heterocycles. The Balaban J connectivity index is 1.21. The van der Waals surface area contributed by atoms with Crippen LogP contribution in [0.1, 0.15) is 28.0 Å². The first-order valence-electron chi connectivity index (χ1n) is 12.2. The van der Waals surface area contributed by atoms with Crippen molar-refractivity contribution in [2.45, 2.75) is 25.9 Å². The number of nitrogens with one attached hydrogen (secondary N) is 2. The number of aryl methyl sites for hydroxylation is 2. The molecule has 6 rings (SSSR count). The summed E-state index contributed by atoms with van der Waals surface area (Å²) in [6.07, 6.45) is 9.70. The van der Waals surface area contributed by atoms with Crippen molar-refractivity contribution in [3.63, 3.8) is 0 Å². The number of rotatable bonds is 6. The van der Waals surface area contributed by atoms with Crippen LogP contribution in [0.25, 0.3) is 16.6 Å². The third-order valence-electron chi connectivity index (χ3n) is 6.69. The highest BCUT2D eigenvalue weighted by molar-refractivity contribution is 6.28. The van der Waals surface area contributed by atoms with Gasteiger partial charge in [0.2, 0.25) is 5.28 Å². The third-order valence-corrected chi connectivity index (χ3v) is 6.89. The Hall–Kier alpha value is -4.09. The fourth-order valence-corrected chi connectivity index (χ4v) is 5.05. The molecule has 1 aromatic carbocycles. The van der Waals surface area contributed by atoms with E-state index in [1.165, 1.54) is 6.07 Å². The lowest BCUT2D eigenvalue weighted by Crippen LogP contribution is -2.32. The van der Waals surface area contributed by atoms with E-state index >= 15 is 0 Å². The van der Waals surface area contributed by atoms with Gasteiger partial charge in [0.25, 0.3) is 5.91 Å². The first kappa shape index (κ1) is 24.3. The van der Waals surface area contributed by atoms with Crippen molar-refractivity contribution in [2.75, 3.05) is 23.3 Å². The minimum Gasteiger partial charge on any atom is -0.369 e. The maximum absolute atomic E-state index is 14.5. The third kappa shape index (κ3) is 4.66. The Labute approximate surface area is 222 Å². The average Bonchev–Trinajstić information content (AvgIpc) is 3.60. The van der Waals surface area contributed by atoms with Crippen molar-refractivity contribution in [2.24, 2.45) is 7.05 Å². The molecule has 38 heavy (non-hydrogen) atoms. The van der Waals surface area contributed by atoms with Crippen LogP contribution in [0, 0.1) is 12.7 Å². The minimum atomic E-state index is -0.505. The number of anilines is 2. The van der Waals surface area contributed by atoms with Gasteiger partial charge in [-0.3, -0.25) is 9.48 Å². The van der Waals surface area contributed by atoms with Crippen molar-refractivity contribution >= 4 is 45.4 Å². The second-order valence-electron chi connectivity index (χ2n) is 9.51. The van der Waals surface area contributed by atoms with Gasteiger partial charge in [0.1, 0.15) is 5.52 Å². The lowest BCUT2D eigenvalue weighted by molar-refractivity contribution is 0.102. The van der Waals surface area contributed by atoms with E-state index < -0.39 is 5.82 Å². The summed E-state index contributed by atoms with van der Waals surface area (Å²) in [5, 5.41) is 12.1. The normalized spacial score (nSPS) is 15.6. The Morgan fingerprint density at radius 2 is 2.03 bits per heavy atom. The van der Waals surface area contributed by atoms with Crippen LogP contribution in [-0.4, -0.2) is 54.2 Å². The Morgan fingerprint density at radius 3 is 2.84 bits per heavy atom. The minimum absolute atomic E-state index is 0.219. The monoisotopic (exact) mass is 533 g/mol. The van der Waals surface area contributed by atoms with Crippen LogP contribution < -0.4 is 15.5 Å². The van der Waals surface area contributed by atoms with Gasteiger partial charge in [0.05, 0.1) is 16.9 Å². The summed E-state index contributed by atoms with van der Waals surface area (Å²) in [6.45, 7) is 4.13. The van der Waals surface area contributed by atoms with Crippen molar-refractivity contribution in [3.8, 4) is 0 Å². The van der Waals surface area contributed by atoms with E-state index in [2.05, 4.69) is 35.6 Å². The smallest absolute Gasteiger partial charge is 0.257 e. The highest BCUT2D eigenvalue weighted by Crippen LogP contribution is 2.32. The second-order valence-corrected chi connectivity index (χ2v) is 9.85. The number of pyridine rings is 1. The summed E-state index contributed by atoms with van der Waals surface area (Å²) in [5.74, 6) is -0.864. The number of hydrogen-bond acceptors (Lipinski definition) is 7. The predicted octanol–water partition coefficient (Wildman–Crippen LogP) is 3.73. The van der Waals surface area contributed by atoms with E-state index in [1.54, 1.807) is 46.9 Å². The van der Waals surface area contributed by atoms with Gasteiger partial charge in [-0.25, -0.2) is 19.3 Å². The number of nitrogens with zero attached hydrogens (tertiary/aromatic N) is 7. The Morgan fingerprint density at radius 1 is 1.21 bits per heavy atom. The zero-order chi connectivity index (χ0) is 26.4. The van der Waals surface area contributed by atoms with Crippen molar-refractivity contribution in [1.29, 1.82) is 0 Å².